The summed E-state index contributed by atoms with van der Waals surface area (Å²) in [6.45, 7) is 9.63. The van der Waals surface area contributed by atoms with Gasteiger partial charge >= 0.3 is 0 Å². The van der Waals surface area contributed by atoms with Crippen molar-refractivity contribution < 1.29 is 33.2 Å². The minimum atomic E-state index is 0.116. The number of ether oxygens (including phenoxy) is 6. The van der Waals surface area contributed by atoms with Gasteiger partial charge in [0.1, 0.15) is 11.8 Å². The zero-order valence-corrected chi connectivity index (χ0v) is 29.9. The Balaban J connectivity index is 1.23. The van der Waals surface area contributed by atoms with E-state index in [1.54, 1.807) is 31.4 Å². The summed E-state index contributed by atoms with van der Waals surface area (Å²) in [4.78, 5) is 21.4. The van der Waals surface area contributed by atoms with Gasteiger partial charge in [-0.15, -0.1) is 0 Å². The Morgan fingerprint density at radius 2 is 1.57 bits per heavy atom. The molecule has 0 aliphatic carbocycles. The third kappa shape index (κ3) is 11.2. The molecule has 0 bridgehead atoms. The molecule has 1 N–H and O–H groups in total. The number of anilines is 2. The van der Waals surface area contributed by atoms with E-state index in [0.29, 0.717) is 114 Å². The van der Waals surface area contributed by atoms with E-state index in [0.717, 1.165) is 39.1 Å². The minimum Gasteiger partial charge on any atom is -0.495 e. The summed E-state index contributed by atoms with van der Waals surface area (Å²) in [6.07, 6.45) is 3.66. The molecule has 266 valence electrons. The first-order chi connectivity index (χ1) is 23.9. The van der Waals surface area contributed by atoms with Crippen molar-refractivity contribution in [2.24, 2.45) is 0 Å². The third-order valence-electron chi connectivity index (χ3n) is 7.93. The second-order valence-corrected chi connectivity index (χ2v) is 12.1. The van der Waals surface area contributed by atoms with Gasteiger partial charge in [-0.25, -0.2) is 0 Å². The Morgan fingerprint density at radius 1 is 0.878 bits per heavy atom. The number of hydrogen-bond acceptors (Lipinski definition) is 11. The van der Waals surface area contributed by atoms with Crippen molar-refractivity contribution in [1.29, 1.82) is 5.26 Å². The van der Waals surface area contributed by atoms with E-state index in [-0.39, 0.29) is 5.91 Å². The van der Waals surface area contributed by atoms with Gasteiger partial charge in [0.15, 0.2) is 11.5 Å². The van der Waals surface area contributed by atoms with E-state index in [2.05, 4.69) is 28.2 Å². The van der Waals surface area contributed by atoms with E-state index < -0.39 is 0 Å². The zero-order chi connectivity index (χ0) is 35.0. The average molecular weight is 719 g/mol. The number of nitriles is 1. The fraction of sp³-hybridized carbons (Fsp3) is 0.514. The maximum atomic E-state index is 12.6. The second-order valence-electron chi connectivity index (χ2n) is 11.3. The summed E-state index contributed by atoms with van der Waals surface area (Å²) < 4.78 is 33.5. The van der Waals surface area contributed by atoms with Crippen molar-refractivity contribution >= 4 is 51.4 Å². The number of carbonyl (C=O) groups excluding carboxylic acids is 1. The molecule has 2 aromatic carbocycles. The molecule has 0 spiro atoms. The number of amides is 1. The van der Waals surface area contributed by atoms with Crippen molar-refractivity contribution in [2.75, 3.05) is 98.5 Å². The molecular formula is C35H45Cl2N5O7. The molecule has 12 nitrogen and oxygen atoms in total. The van der Waals surface area contributed by atoms with Crippen molar-refractivity contribution in [1.82, 2.24) is 14.8 Å². The lowest BCUT2D eigenvalue weighted by Gasteiger charge is -2.34. The van der Waals surface area contributed by atoms with Crippen molar-refractivity contribution in [3.8, 4) is 23.3 Å². The predicted octanol–water partition coefficient (Wildman–Crippen LogP) is 5.94. The van der Waals surface area contributed by atoms with Crippen LogP contribution in [-0.2, 0) is 19.0 Å². The topological polar surface area (TPSA) is 128 Å². The molecule has 1 amide bonds. The van der Waals surface area contributed by atoms with Crippen LogP contribution in [-0.4, -0.2) is 114 Å². The van der Waals surface area contributed by atoms with Crippen molar-refractivity contribution in [3.63, 3.8) is 0 Å². The highest BCUT2D eigenvalue weighted by Crippen LogP contribution is 2.40. The van der Waals surface area contributed by atoms with E-state index >= 15 is 0 Å². The molecule has 2 heterocycles. The van der Waals surface area contributed by atoms with Gasteiger partial charge in [0.25, 0.3) is 0 Å². The van der Waals surface area contributed by atoms with Gasteiger partial charge in [-0.2, -0.15) is 5.26 Å². The van der Waals surface area contributed by atoms with Crippen LogP contribution in [0.5, 0.6) is 17.2 Å². The van der Waals surface area contributed by atoms with Gasteiger partial charge in [0.05, 0.1) is 92.8 Å². The molecule has 1 aliphatic heterocycles. The number of pyridine rings is 1. The number of aromatic nitrogens is 1. The van der Waals surface area contributed by atoms with Gasteiger partial charge < -0.3 is 38.6 Å². The highest BCUT2D eigenvalue weighted by molar-refractivity contribution is 6.37. The summed E-state index contributed by atoms with van der Waals surface area (Å²) in [5.41, 5.74) is 1.98. The largest absolute Gasteiger partial charge is 0.495 e. The molecule has 0 radical (unpaired) electrons. The Morgan fingerprint density at radius 3 is 2.24 bits per heavy atom. The van der Waals surface area contributed by atoms with Crippen LogP contribution in [0.1, 0.15) is 31.7 Å². The number of carbonyl (C=O) groups is 1. The standard InChI is InChI=1S/C35H45Cl2N5O7/c1-4-12-46-15-17-48-18-16-47-14-6-34(43)42-10-8-41(9-11-42)7-5-13-49-33-21-29-26(19-32(33)45-3)35(25(23-38)24-39-29)40-30-22-31(44-2)28(37)20-27(30)36/h19-22,24H,4-18H2,1-3H3,(H,39,40). The molecule has 1 aliphatic rings. The first-order valence-electron chi connectivity index (χ1n) is 16.5. The molecule has 0 saturated carbocycles. The highest BCUT2D eigenvalue weighted by atomic mass is 35.5. The molecule has 1 aromatic heterocycles. The van der Waals surface area contributed by atoms with E-state index in [4.69, 9.17) is 51.6 Å². The average Bonchev–Trinajstić information content (AvgIpc) is 3.11. The second kappa shape index (κ2) is 20.2. The molecule has 1 fully saturated rings. The Labute approximate surface area is 298 Å². The van der Waals surface area contributed by atoms with Crippen LogP contribution in [0.25, 0.3) is 10.9 Å². The normalized spacial score (nSPS) is 13.3. The van der Waals surface area contributed by atoms with Crippen LogP contribution in [0.15, 0.2) is 30.5 Å². The quantitative estimate of drug-likeness (QED) is 0.140. The summed E-state index contributed by atoms with van der Waals surface area (Å²) in [6, 6.07) is 9.03. The van der Waals surface area contributed by atoms with Crippen molar-refractivity contribution in [3.05, 3.63) is 46.1 Å². The smallest absolute Gasteiger partial charge is 0.224 e. The Hall–Kier alpha value is -3.57. The lowest BCUT2D eigenvalue weighted by atomic mass is 10.1. The lowest BCUT2D eigenvalue weighted by molar-refractivity contribution is -0.134. The molecule has 0 unspecified atom stereocenters. The van der Waals surface area contributed by atoms with E-state index in [1.165, 1.54) is 13.3 Å². The fourth-order valence-corrected chi connectivity index (χ4v) is 5.81. The van der Waals surface area contributed by atoms with E-state index in [1.807, 2.05) is 4.90 Å². The number of nitrogens with zero attached hydrogens (tertiary/aromatic N) is 4. The first-order valence-corrected chi connectivity index (χ1v) is 17.2. The molecule has 1 saturated heterocycles. The number of rotatable bonds is 20. The number of halogens is 2. The van der Waals surface area contributed by atoms with Crippen LogP contribution in [0.3, 0.4) is 0 Å². The number of piperazine rings is 1. The van der Waals surface area contributed by atoms with Gasteiger partial charge in [-0.05, 0) is 25.0 Å². The van der Waals surface area contributed by atoms with Crippen LogP contribution < -0.4 is 19.5 Å². The molecular weight excluding hydrogens is 673 g/mol. The Bertz CT molecular complexity index is 1560. The van der Waals surface area contributed by atoms with Crippen LogP contribution in [0.4, 0.5) is 11.4 Å². The summed E-state index contributed by atoms with van der Waals surface area (Å²) >= 11 is 12.7. The predicted molar refractivity (Wildman–Crippen MR) is 190 cm³/mol. The van der Waals surface area contributed by atoms with Crippen LogP contribution >= 0.6 is 23.2 Å². The lowest BCUT2D eigenvalue weighted by Crippen LogP contribution is -2.49. The van der Waals surface area contributed by atoms with Gasteiger partial charge in [0, 0.05) is 63.0 Å². The highest BCUT2D eigenvalue weighted by Gasteiger charge is 2.21. The third-order valence-corrected chi connectivity index (χ3v) is 8.54. The van der Waals surface area contributed by atoms with Gasteiger partial charge in [0.2, 0.25) is 5.91 Å². The summed E-state index contributed by atoms with van der Waals surface area (Å²) in [7, 11) is 3.08. The first kappa shape index (κ1) is 38.2. The zero-order valence-electron chi connectivity index (χ0n) is 28.4. The fourth-order valence-electron chi connectivity index (χ4n) is 5.30. The molecule has 4 rings (SSSR count). The van der Waals surface area contributed by atoms with Crippen LogP contribution in [0, 0.1) is 11.3 Å². The maximum absolute atomic E-state index is 12.6. The number of hydrogen-bond donors (Lipinski definition) is 1. The van der Waals surface area contributed by atoms with Crippen molar-refractivity contribution in [2.45, 2.75) is 26.2 Å². The number of nitrogens with one attached hydrogen (secondary N) is 1. The number of fused-ring (bicyclic) bond motifs is 1. The summed E-state index contributed by atoms with van der Waals surface area (Å²) in [5, 5.41) is 14.5. The SMILES string of the molecule is CCCOCCOCCOCCC(=O)N1CCN(CCCOc2cc3ncc(C#N)c(Nc4cc(OC)c(Cl)cc4Cl)c3cc2OC)CC1. The summed E-state index contributed by atoms with van der Waals surface area (Å²) in [5.74, 6) is 1.62. The number of benzene rings is 2. The Kier molecular flexibility index (Phi) is 15.8. The maximum Gasteiger partial charge on any atom is 0.224 e. The number of methoxy groups -OCH3 is 2. The van der Waals surface area contributed by atoms with Crippen LogP contribution in [0.2, 0.25) is 10.0 Å². The molecule has 49 heavy (non-hydrogen) atoms. The molecule has 0 atom stereocenters. The van der Waals surface area contributed by atoms with E-state index in [9.17, 15) is 10.1 Å². The molecule has 3 aromatic rings. The van der Waals surface area contributed by atoms with Gasteiger partial charge in [-0.3, -0.25) is 14.7 Å². The minimum absolute atomic E-state index is 0.116. The van der Waals surface area contributed by atoms with Gasteiger partial charge in [-0.1, -0.05) is 30.1 Å². The molecule has 14 heteroatoms. The monoisotopic (exact) mass is 717 g/mol.